The third-order valence-corrected chi connectivity index (χ3v) is 4.53. The number of carboxylic acids is 1. The molecular weight excluding hydrogens is 286 g/mol. The summed E-state index contributed by atoms with van der Waals surface area (Å²) in [4.78, 5) is 16.6. The van der Waals surface area contributed by atoms with Crippen molar-refractivity contribution in [3.63, 3.8) is 0 Å². The van der Waals surface area contributed by atoms with E-state index in [1.54, 1.807) is 12.4 Å². The van der Waals surface area contributed by atoms with Gasteiger partial charge in [-0.25, -0.2) is 4.79 Å². The van der Waals surface area contributed by atoms with Crippen LogP contribution in [0, 0.1) is 0 Å². The highest BCUT2D eigenvalue weighted by Gasteiger charge is 2.23. The predicted molar refractivity (Wildman–Crippen MR) is 83.4 cm³/mol. The number of carboxylic acid groups (broad SMARTS) is 1. The zero-order chi connectivity index (χ0) is 15.5. The van der Waals surface area contributed by atoms with Crippen LogP contribution in [0.4, 0.5) is 0 Å². The Kier molecular flexibility index (Phi) is 4.63. The summed E-state index contributed by atoms with van der Waals surface area (Å²) >= 11 is 1.28. The second kappa shape index (κ2) is 6.26. The van der Waals surface area contributed by atoms with Crippen molar-refractivity contribution >= 4 is 17.3 Å². The molecule has 2 aromatic rings. The van der Waals surface area contributed by atoms with Crippen molar-refractivity contribution in [3.8, 4) is 5.75 Å². The van der Waals surface area contributed by atoms with Crippen LogP contribution in [0.5, 0.6) is 5.75 Å². The molecule has 0 aromatic carbocycles. The number of ether oxygens (including phenoxy) is 1. The monoisotopic (exact) mass is 305 g/mol. The lowest BCUT2D eigenvalue weighted by Crippen LogP contribution is -2.08. The molecule has 0 radical (unpaired) electrons. The Bertz CT molecular complexity index is 614. The highest BCUT2D eigenvalue weighted by atomic mass is 32.1. The van der Waals surface area contributed by atoms with E-state index < -0.39 is 5.97 Å². The molecule has 5 heteroatoms. The SMILES string of the molecule is CC(C)(C)c1cc(OCCc2cccnc2)c(C(=O)O)s1. The quantitative estimate of drug-likeness (QED) is 0.913. The molecule has 0 saturated carbocycles. The van der Waals surface area contributed by atoms with Gasteiger partial charge in [0.05, 0.1) is 6.61 Å². The van der Waals surface area contributed by atoms with Gasteiger partial charge in [0.1, 0.15) is 5.75 Å². The molecule has 112 valence electrons. The van der Waals surface area contributed by atoms with Gasteiger partial charge >= 0.3 is 5.97 Å². The molecule has 0 unspecified atom stereocenters. The molecular formula is C16H19NO3S. The van der Waals surface area contributed by atoms with Gasteiger partial charge in [0, 0.05) is 23.7 Å². The first kappa shape index (κ1) is 15.5. The van der Waals surface area contributed by atoms with E-state index in [9.17, 15) is 9.90 Å². The Labute approximate surface area is 128 Å². The van der Waals surface area contributed by atoms with Gasteiger partial charge in [0.15, 0.2) is 4.88 Å². The third kappa shape index (κ3) is 4.04. The first-order chi connectivity index (χ1) is 9.88. The van der Waals surface area contributed by atoms with Crippen molar-refractivity contribution in [2.24, 2.45) is 0 Å². The van der Waals surface area contributed by atoms with Crippen molar-refractivity contribution < 1.29 is 14.6 Å². The molecule has 2 rings (SSSR count). The normalized spacial score (nSPS) is 11.4. The molecule has 0 bridgehead atoms. The smallest absolute Gasteiger partial charge is 0.349 e. The van der Waals surface area contributed by atoms with Gasteiger partial charge in [-0.15, -0.1) is 11.3 Å². The van der Waals surface area contributed by atoms with Crippen LogP contribution in [0.15, 0.2) is 30.6 Å². The molecule has 2 heterocycles. The second-order valence-electron chi connectivity index (χ2n) is 5.82. The summed E-state index contributed by atoms with van der Waals surface area (Å²) in [5, 5.41) is 9.28. The van der Waals surface area contributed by atoms with Gasteiger partial charge in [0.25, 0.3) is 0 Å². The van der Waals surface area contributed by atoms with E-state index in [1.807, 2.05) is 18.2 Å². The molecule has 0 atom stereocenters. The molecule has 0 amide bonds. The minimum absolute atomic E-state index is 0.0835. The zero-order valence-corrected chi connectivity index (χ0v) is 13.2. The minimum Gasteiger partial charge on any atom is -0.491 e. The summed E-state index contributed by atoms with van der Waals surface area (Å²) in [6.07, 6.45) is 4.21. The maximum Gasteiger partial charge on any atom is 0.349 e. The van der Waals surface area contributed by atoms with Gasteiger partial charge < -0.3 is 9.84 Å². The zero-order valence-electron chi connectivity index (χ0n) is 12.4. The van der Waals surface area contributed by atoms with Crippen molar-refractivity contribution in [2.45, 2.75) is 32.6 Å². The Morgan fingerprint density at radius 1 is 1.43 bits per heavy atom. The average Bonchev–Trinajstić information content (AvgIpc) is 2.84. The standard InChI is InChI=1S/C16H19NO3S/c1-16(2,3)13-9-12(14(21-13)15(18)19)20-8-6-11-5-4-7-17-10-11/h4-5,7,9-10H,6,8H2,1-3H3,(H,18,19). The van der Waals surface area contributed by atoms with E-state index in [0.29, 0.717) is 18.8 Å². The van der Waals surface area contributed by atoms with E-state index in [2.05, 4.69) is 25.8 Å². The average molecular weight is 305 g/mol. The highest BCUT2D eigenvalue weighted by molar-refractivity contribution is 7.14. The summed E-state index contributed by atoms with van der Waals surface area (Å²) in [7, 11) is 0. The number of hydrogen-bond acceptors (Lipinski definition) is 4. The van der Waals surface area contributed by atoms with Gasteiger partial charge in [0.2, 0.25) is 0 Å². The Morgan fingerprint density at radius 3 is 2.76 bits per heavy atom. The fraction of sp³-hybridized carbons (Fsp3) is 0.375. The van der Waals surface area contributed by atoms with Gasteiger partial charge in [-0.2, -0.15) is 0 Å². The van der Waals surface area contributed by atoms with Crippen LogP contribution in [0.25, 0.3) is 0 Å². The maximum atomic E-state index is 11.3. The molecule has 0 saturated heterocycles. The Hall–Kier alpha value is -1.88. The Balaban J connectivity index is 2.08. The lowest BCUT2D eigenvalue weighted by molar-refractivity contribution is 0.0698. The number of hydrogen-bond donors (Lipinski definition) is 1. The third-order valence-electron chi connectivity index (χ3n) is 3.00. The number of nitrogens with zero attached hydrogens (tertiary/aromatic N) is 1. The number of aromatic carboxylic acids is 1. The number of thiophene rings is 1. The van der Waals surface area contributed by atoms with Crippen LogP contribution in [0.3, 0.4) is 0 Å². The molecule has 0 aliphatic rings. The van der Waals surface area contributed by atoms with Gasteiger partial charge in [-0.1, -0.05) is 26.8 Å². The first-order valence-corrected chi connectivity index (χ1v) is 7.59. The van der Waals surface area contributed by atoms with Crippen molar-refractivity contribution in [1.29, 1.82) is 0 Å². The largest absolute Gasteiger partial charge is 0.491 e. The molecule has 0 spiro atoms. The predicted octanol–water partition coefficient (Wildman–Crippen LogP) is 3.76. The van der Waals surface area contributed by atoms with Crippen LogP contribution >= 0.6 is 11.3 Å². The van der Waals surface area contributed by atoms with Crippen LogP contribution < -0.4 is 4.74 Å². The van der Waals surface area contributed by atoms with E-state index in [0.717, 1.165) is 10.4 Å². The molecule has 21 heavy (non-hydrogen) atoms. The lowest BCUT2D eigenvalue weighted by Gasteiger charge is -2.14. The summed E-state index contributed by atoms with van der Waals surface area (Å²) in [5.41, 5.74) is 0.987. The van der Waals surface area contributed by atoms with E-state index in [4.69, 9.17) is 4.74 Å². The van der Waals surface area contributed by atoms with Crippen LogP contribution in [-0.4, -0.2) is 22.7 Å². The van der Waals surface area contributed by atoms with Gasteiger partial charge in [-0.3, -0.25) is 4.98 Å². The number of rotatable bonds is 5. The number of aromatic nitrogens is 1. The van der Waals surface area contributed by atoms with Crippen molar-refractivity contribution in [2.75, 3.05) is 6.61 Å². The molecule has 0 aliphatic heterocycles. The molecule has 0 fully saturated rings. The number of pyridine rings is 1. The number of carbonyl (C=O) groups is 1. The molecule has 2 aromatic heterocycles. The van der Waals surface area contributed by atoms with E-state index >= 15 is 0 Å². The lowest BCUT2D eigenvalue weighted by atomic mass is 9.95. The summed E-state index contributed by atoms with van der Waals surface area (Å²) in [6.45, 7) is 6.62. The second-order valence-corrected chi connectivity index (χ2v) is 6.87. The topological polar surface area (TPSA) is 59.4 Å². The molecule has 0 aliphatic carbocycles. The molecule has 4 nitrogen and oxygen atoms in total. The van der Waals surface area contributed by atoms with Crippen LogP contribution in [0.2, 0.25) is 0 Å². The van der Waals surface area contributed by atoms with Crippen molar-refractivity contribution in [1.82, 2.24) is 4.98 Å². The summed E-state index contributed by atoms with van der Waals surface area (Å²) in [5.74, 6) is -0.479. The summed E-state index contributed by atoms with van der Waals surface area (Å²) < 4.78 is 5.68. The molecule has 1 N–H and O–H groups in total. The van der Waals surface area contributed by atoms with Gasteiger partial charge in [-0.05, 0) is 23.1 Å². The van der Waals surface area contributed by atoms with Crippen molar-refractivity contribution in [3.05, 3.63) is 45.9 Å². The van der Waals surface area contributed by atoms with Crippen LogP contribution in [0.1, 0.15) is 40.9 Å². The highest BCUT2D eigenvalue weighted by Crippen LogP contribution is 2.36. The fourth-order valence-electron chi connectivity index (χ4n) is 1.83. The first-order valence-electron chi connectivity index (χ1n) is 6.77. The maximum absolute atomic E-state index is 11.3. The van der Waals surface area contributed by atoms with Crippen LogP contribution in [-0.2, 0) is 11.8 Å². The Morgan fingerprint density at radius 2 is 2.19 bits per heavy atom. The summed E-state index contributed by atoms with van der Waals surface area (Å²) in [6, 6.07) is 5.69. The fourth-order valence-corrected chi connectivity index (χ4v) is 2.82. The van der Waals surface area contributed by atoms with E-state index in [-0.39, 0.29) is 10.3 Å². The minimum atomic E-state index is -0.938. The van der Waals surface area contributed by atoms with E-state index in [1.165, 1.54) is 11.3 Å².